The van der Waals surface area contributed by atoms with Crippen molar-refractivity contribution in [3.05, 3.63) is 65.1 Å². The fraction of sp³-hybridized carbons (Fsp3) is 0.300. The van der Waals surface area contributed by atoms with E-state index in [0.29, 0.717) is 18.3 Å². The quantitative estimate of drug-likeness (QED) is 0.698. The average molecular weight is 365 g/mol. The van der Waals surface area contributed by atoms with Gasteiger partial charge in [0.1, 0.15) is 11.9 Å². The molecule has 7 heteroatoms. The molecule has 0 spiro atoms. The van der Waals surface area contributed by atoms with Crippen LogP contribution in [0.2, 0.25) is 0 Å². The second kappa shape index (κ2) is 8.09. The van der Waals surface area contributed by atoms with Crippen molar-refractivity contribution in [2.45, 2.75) is 33.7 Å². The fourth-order valence-electron chi connectivity index (χ4n) is 2.91. The molecule has 0 saturated carbocycles. The molecule has 0 fully saturated rings. The summed E-state index contributed by atoms with van der Waals surface area (Å²) in [5.41, 5.74) is 3.69. The van der Waals surface area contributed by atoms with Crippen molar-refractivity contribution in [1.29, 1.82) is 0 Å². The molecule has 1 atom stereocenters. The van der Waals surface area contributed by atoms with Crippen LogP contribution in [0.3, 0.4) is 0 Å². The first-order valence-electron chi connectivity index (χ1n) is 9.00. The van der Waals surface area contributed by atoms with E-state index in [1.165, 1.54) is 5.56 Å². The average Bonchev–Trinajstić information content (AvgIpc) is 3.00. The van der Waals surface area contributed by atoms with Crippen LogP contribution in [0.5, 0.6) is 0 Å². The number of benzene rings is 1. The van der Waals surface area contributed by atoms with Crippen LogP contribution in [-0.4, -0.2) is 32.2 Å². The molecular weight excluding hydrogens is 340 g/mol. The van der Waals surface area contributed by atoms with Gasteiger partial charge in [-0.25, -0.2) is 9.97 Å². The van der Waals surface area contributed by atoms with Crippen LogP contribution in [0.25, 0.3) is 5.95 Å². The SMILES string of the molecule is Cc1cc(C)nc(-n2nc(C)cc2NC(=O)C[NH2+][C@@H](C)c2ccccc2)n1. The Bertz CT molecular complexity index is 915. The van der Waals surface area contributed by atoms with E-state index in [1.54, 1.807) is 4.68 Å². The molecule has 1 amide bonds. The third-order valence-electron chi connectivity index (χ3n) is 4.24. The number of amides is 1. The molecule has 3 aromatic rings. The Kier molecular flexibility index (Phi) is 5.61. The van der Waals surface area contributed by atoms with Crippen molar-refractivity contribution < 1.29 is 10.1 Å². The largest absolute Gasteiger partial charge is 0.333 e. The number of anilines is 1. The van der Waals surface area contributed by atoms with Crippen molar-refractivity contribution in [3.63, 3.8) is 0 Å². The molecule has 27 heavy (non-hydrogen) atoms. The summed E-state index contributed by atoms with van der Waals surface area (Å²) in [6, 6.07) is 14.0. The Labute approximate surface area is 158 Å². The van der Waals surface area contributed by atoms with Crippen molar-refractivity contribution in [2.75, 3.05) is 11.9 Å². The van der Waals surface area contributed by atoms with Gasteiger partial charge in [-0.1, -0.05) is 30.3 Å². The van der Waals surface area contributed by atoms with Gasteiger partial charge >= 0.3 is 0 Å². The van der Waals surface area contributed by atoms with Crippen molar-refractivity contribution in [2.24, 2.45) is 0 Å². The number of aryl methyl sites for hydroxylation is 3. The first-order chi connectivity index (χ1) is 12.9. The minimum Gasteiger partial charge on any atom is -0.333 e. The molecule has 0 saturated heterocycles. The molecule has 1 aromatic carbocycles. The molecule has 7 nitrogen and oxygen atoms in total. The van der Waals surface area contributed by atoms with Gasteiger partial charge in [0.05, 0.1) is 5.69 Å². The van der Waals surface area contributed by atoms with E-state index in [4.69, 9.17) is 0 Å². The van der Waals surface area contributed by atoms with Gasteiger partial charge in [0.25, 0.3) is 11.9 Å². The number of carbonyl (C=O) groups is 1. The van der Waals surface area contributed by atoms with Crippen LogP contribution in [0.1, 0.15) is 35.6 Å². The van der Waals surface area contributed by atoms with Crippen LogP contribution in [0.15, 0.2) is 42.5 Å². The molecule has 0 radical (unpaired) electrons. The van der Waals surface area contributed by atoms with E-state index < -0.39 is 0 Å². The van der Waals surface area contributed by atoms with Crippen molar-refractivity contribution in [3.8, 4) is 5.95 Å². The van der Waals surface area contributed by atoms with E-state index in [0.717, 1.165) is 17.1 Å². The molecule has 0 bridgehead atoms. The molecule has 3 rings (SSSR count). The van der Waals surface area contributed by atoms with Gasteiger partial charge < -0.3 is 10.6 Å². The number of nitrogens with one attached hydrogen (secondary N) is 1. The zero-order chi connectivity index (χ0) is 19.4. The lowest BCUT2D eigenvalue weighted by Crippen LogP contribution is -2.86. The highest BCUT2D eigenvalue weighted by Gasteiger charge is 2.16. The van der Waals surface area contributed by atoms with Gasteiger partial charge in [-0.15, -0.1) is 0 Å². The summed E-state index contributed by atoms with van der Waals surface area (Å²) in [5.74, 6) is 0.934. The Morgan fingerprint density at radius 3 is 2.41 bits per heavy atom. The minimum atomic E-state index is -0.0942. The maximum atomic E-state index is 12.5. The molecule has 2 aromatic heterocycles. The number of hydrogen-bond acceptors (Lipinski definition) is 4. The number of aromatic nitrogens is 4. The summed E-state index contributed by atoms with van der Waals surface area (Å²) in [5, 5.41) is 9.36. The van der Waals surface area contributed by atoms with Crippen LogP contribution < -0.4 is 10.6 Å². The number of nitrogens with zero attached hydrogens (tertiary/aromatic N) is 4. The lowest BCUT2D eigenvalue weighted by Gasteiger charge is -2.11. The second-order valence-electron chi connectivity index (χ2n) is 6.72. The summed E-state index contributed by atoms with van der Waals surface area (Å²) in [4.78, 5) is 21.3. The molecule has 0 aliphatic heterocycles. The van der Waals surface area contributed by atoms with Crippen LogP contribution >= 0.6 is 0 Å². The predicted molar refractivity (Wildman–Crippen MR) is 104 cm³/mol. The van der Waals surface area contributed by atoms with Gasteiger partial charge in [-0.05, 0) is 33.8 Å². The molecule has 0 aliphatic carbocycles. The van der Waals surface area contributed by atoms with E-state index in [-0.39, 0.29) is 11.9 Å². The minimum absolute atomic E-state index is 0.0942. The number of carbonyl (C=O) groups excluding carboxylic acids is 1. The zero-order valence-corrected chi connectivity index (χ0v) is 16.1. The Balaban J connectivity index is 1.69. The first kappa shape index (κ1) is 18.7. The van der Waals surface area contributed by atoms with E-state index >= 15 is 0 Å². The zero-order valence-electron chi connectivity index (χ0n) is 16.1. The summed E-state index contributed by atoms with van der Waals surface area (Å²) >= 11 is 0. The fourth-order valence-corrected chi connectivity index (χ4v) is 2.91. The van der Waals surface area contributed by atoms with Gasteiger partial charge in [-0.3, -0.25) is 4.79 Å². The predicted octanol–water partition coefficient (Wildman–Crippen LogP) is 1.85. The lowest BCUT2D eigenvalue weighted by molar-refractivity contribution is -0.682. The molecular formula is C20H25N6O+. The van der Waals surface area contributed by atoms with Crippen LogP contribution in [0.4, 0.5) is 5.82 Å². The Morgan fingerprint density at radius 1 is 1.07 bits per heavy atom. The second-order valence-corrected chi connectivity index (χ2v) is 6.72. The summed E-state index contributed by atoms with van der Waals surface area (Å²) < 4.78 is 1.58. The van der Waals surface area contributed by atoms with Crippen LogP contribution in [-0.2, 0) is 4.79 Å². The van der Waals surface area contributed by atoms with Gasteiger partial charge in [0.15, 0.2) is 6.54 Å². The Hall–Kier alpha value is -3.06. The first-order valence-corrected chi connectivity index (χ1v) is 9.00. The summed E-state index contributed by atoms with van der Waals surface area (Å²) in [6.45, 7) is 8.09. The van der Waals surface area contributed by atoms with E-state index in [9.17, 15) is 4.79 Å². The van der Waals surface area contributed by atoms with Crippen molar-refractivity contribution in [1.82, 2.24) is 19.7 Å². The number of quaternary nitrogens is 1. The van der Waals surface area contributed by atoms with Gasteiger partial charge in [0.2, 0.25) is 0 Å². The maximum Gasteiger partial charge on any atom is 0.280 e. The smallest absolute Gasteiger partial charge is 0.280 e. The topological polar surface area (TPSA) is 89.3 Å². The lowest BCUT2D eigenvalue weighted by atomic mass is 10.1. The number of nitrogens with two attached hydrogens (primary N) is 1. The monoisotopic (exact) mass is 365 g/mol. The molecule has 2 heterocycles. The standard InChI is InChI=1S/C20H24N6O/c1-13-10-14(2)23-20(22-13)26-18(11-15(3)25-26)24-19(27)12-21-16(4)17-8-6-5-7-9-17/h5-11,16,21H,12H2,1-4H3,(H,24,27)/p+1/t16-/m0/s1. The van der Waals surface area contributed by atoms with E-state index in [2.05, 4.69) is 39.4 Å². The molecule has 3 N–H and O–H groups in total. The molecule has 0 unspecified atom stereocenters. The molecule has 0 aliphatic rings. The highest BCUT2D eigenvalue weighted by molar-refractivity contribution is 5.90. The molecule has 140 valence electrons. The normalized spacial score (nSPS) is 12.0. The maximum absolute atomic E-state index is 12.5. The third-order valence-corrected chi connectivity index (χ3v) is 4.24. The van der Waals surface area contributed by atoms with E-state index in [1.807, 2.05) is 56.4 Å². The summed E-state index contributed by atoms with van der Waals surface area (Å²) in [7, 11) is 0. The highest BCUT2D eigenvalue weighted by atomic mass is 16.2. The van der Waals surface area contributed by atoms with Crippen LogP contribution in [0, 0.1) is 20.8 Å². The summed E-state index contributed by atoms with van der Waals surface area (Å²) in [6.07, 6.45) is 0. The van der Waals surface area contributed by atoms with Gasteiger partial charge in [0, 0.05) is 23.0 Å². The number of hydrogen-bond donors (Lipinski definition) is 2. The van der Waals surface area contributed by atoms with Gasteiger partial charge in [-0.2, -0.15) is 9.78 Å². The van der Waals surface area contributed by atoms with Crippen molar-refractivity contribution >= 4 is 11.7 Å². The number of rotatable bonds is 6. The highest BCUT2D eigenvalue weighted by Crippen LogP contribution is 2.15. The third kappa shape index (κ3) is 4.77. The Morgan fingerprint density at radius 2 is 1.74 bits per heavy atom.